The lowest BCUT2D eigenvalue weighted by molar-refractivity contribution is -0.122. The van der Waals surface area contributed by atoms with E-state index in [1.54, 1.807) is 18.3 Å². The molecule has 0 amide bonds. The highest BCUT2D eigenvalue weighted by molar-refractivity contribution is 6.10. The fourth-order valence-electron chi connectivity index (χ4n) is 1.97. The quantitative estimate of drug-likeness (QED) is 0.545. The first-order valence-electron chi connectivity index (χ1n) is 5.26. The van der Waals surface area contributed by atoms with Gasteiger partial charge in [0.1, 0.15) is 5.78 Å². The van der Waals surface area contributed by atoms with Gasteiger partial charge in [0.25, 0.3) is 0 Å². The molecule has 0 bridgehead atoms. The Morgan fingerprint density at radius 3 is 2.93 bits per heavy atom. The van der Waals surface area contributed by atoms with Crippen LogP contribution in [0.2, 0.25) is 0 Å². The molecule has 1 unspecified atom stereocenters. The molecule has 0 saturated heterocycles. The topological polar surface area (TPSA) is 47.0 Å². The molecule has 3 heteroatoms. The number of carbonyl (C=O) groups is 2. The van der Waals surface area contributed by atoms with E-state index in [-0.39, 0.29) is 11.6 Å². The van der Waals surface area contributed by atoms with Crippen molar-refractivity contribution in [1.29, 1.82) is 0 Å². The third-order valence-corrected chi connectivity index (χ3v) is 2.82. The molecule has 0 aliphatic heterocycles. The van der Waals surface area contributed by atoms with Crippen LogP contribution >= 0.6 is 0 Å². The van der Waals surface area contributed by atoms with Crippen LogP contribution < -0.4 is 0 Å². The number of hydrogen-bond acceptors (Lipinski definition) is 3. The molecule has 0 spiro atoms. The monoisotopic (exact) mass is 203 g/mol. The van der Waals surface area contributed by atoms with Crippen molar-refractivity contribution < 1.29 is 9.59 Å². The SMILES string of the molecule is O=C1CCCCC1C(=O)c1cccnc1. The van der Waals surface area contributed by atoms with Gasteiger partial charge in [-0.1, -0.05) is 6.42 Å². The Balaban J connectivity index is 2.17. The highest BCUT2D eigenvalue weighted by Gasteiger charge is 2.29. The summed E-state index contributed by atoms with van der Waals surface area (Å²) in [7, 11) is 0. The molecule has 1 fully saturated rings. The van der Waals surface area contributed by atoms with Crippen molar-refractivity contribution in [3.63, 3.8) is 0 Å². The summed E-state index contributed by atoms with van der Waals surface area (Å²) in [6, 6.07) is 3.44. The van der Waals surface area contributed by atoms with E-state index in [2.05, 4.69) is 4.98 Å². The first-order chi connectivity index (χ1) is 7.29. The lowest BCUT2D eigenvalue weighted by Gasteiger charge is -2.18. The molecule has 1 aliphatic rings. The van der Waals surface area contributed by atoms with Gasteiger partial charge >= 0.3 is 0 Å². The van der Waals surface area contributed by atoms with Crippen LogP contribution in [0.5, 0.6) is 0 Å². The van der Waals surface area contributed by atoms with E-state index in [0.29, 0.717) is 18.4 Å². The number of aromatic nitrogens is 1. The van der Waals surface area contributed by atoms with Gasteiger partial charge in [-0.15, -0.1) is 0 Å². The van der Waals surface area contributed by atoms with Gasteiger partial charge in [0, 0.05) is 24.4 Å². The molecule has 1 atom stereocenters. The summed E-state index contributed by atoms with van der Waals surface area (Å²) in [6.45, 7) is 0. The van der Waals surface area contributed by atoms with Crippen molar-refractivity contribution in [3.05, 3.63) is 30.1 Å². The van der Waals surface area contributed by atoms with Crippen molar-refractivity contribution in [2.24, 2.45) is 5.92 Å². The van der Waals surface area contributed by atoms with E-state index in [0.717, 1.165) is 12.8 Å². The van der Waals surface area contributed by atoms with E-state index >= 15 is 0 Å². The second kappa shape index (κ2) is 4.34. The molecule has 1 saturated carbocycles. The first-order valence-corrected chi connectivity index (χ1v) is 5.26. The molecule has 0 aromatic carbocycles. The van der Waals surface area contributed by atoms with E-state index < -0.39 is 5.92 Å². The number of pyridine rings is 1. The predicted octanol–water partition coefficient (Wildman–Crippen LogP) is 2.02. The lowest BCUT2D eigenvalue weighted by atomic mass is 9.83. The van der Waals surface area contributed by atoms with E-state index in [9.17, 15) is 9.59 Å². The van der Waals surface area contributed by atoms with Crippen LogP contribution in [-0.4, -0.2) is 16.6 Å². The van der Waals surface area contributed by atoms with Crippen molar-refractivity contribution in [1.82, 2.24) is 4.98 Å². The summed E-state index contributed by atoms with van der Waals surface area (Å²) in [6.07, 6.45) is 6.31. The number of carbonyl (C=O) groups excluding carboxylic acids is 2. The largest absolute Gasteiger partial charge is 0.299 e. The van der Waals surface area contributed by atoms with Crippen molar-refractivity contribution in [2.45, 2.75) is 25.7 Å². The number of hydrogen-bond donors (Lipinski definition) is 0. The third-order valence-electron chi connectivity index (χ3n) is 2.82. The Bertz CT molecular complexity index is 372. The van der Waals surface area contributed by atoms with Crippen LogP contribution in [0.4, 0.5) is 0 Å². The summed E-state index contributed by atoms with van der Waals surface area (Å²) in [4.78, 5) is 27.4. The van der Waals surface area contributed by atoms with E-state index in [1.807, 2.05) is 0 Å². The van der Waals surface area contributed by atoms with Gasteiger partial charge in [-0.05, 0) is 25.0 Å². The summed E-state index contributed by atoms with van der Waals surface area (Å²) in [5, 5.41) is 0. The predicted molar refractivity (Wildman–Crippen MR) is 55.5 cm³/mol. The summed E-state index contributed by atoms with van der Waals surface area (Å²) >= 11 is 0. The molecule has 3 nitrogen and oxygen atoms in total. The van der Waals surface area contributed by atoms with Crippen LogP contribution in [-0.2, 0) is 4.79 Å². The Morgan fingerprint density at radius 1 is 1.40 bits per heavy atom. The number of ketones is 2. The smallest absolute Gasteiger partial charge is 0.174 e. The average Bonchev–Trinajstić information content (AvgIpc) is 2.30. The van der Waals surface area contributed by atoms with Gasteiger partial charge in [0.15, 0.2) is 5.78 Å². The number of nitrogens with zero attached hydrogens (tertiary/aromatic N) is 1. The van der Waals surface area contributed by atoms with Crippen molar-refractivity contribution in [2.75, 3.05) is 0 Å². The number of rotatable bonds is 2. The van der Waals surface area contributed by atoms with Crippen LogP contribution in [0.1, 0.15) is 36.0 Å². The molecular weight excluding hydrogens is 190 g/mol. The molecule has 1 aromatic rings. The minimum atomic E-state index is -0.414. The van der Waals surface area contributed by atoms with Crippen molar-refractivity contribution >= 4 is 11.6 Å². The lowest BCUT2D eigenvalue weighted by Crippen LogP contribution is -2.27. The Morgan fingerprint density at radius 2 is 2.27 bits per heavy atom. The number of Topliss-reactive ketones (excluding diaryl/α,β-unsaturated/α-hetero) is 2. The molecule has 2 rings (SSSR count). The summed E-state index contributed by atoms with van der Waals surface area (Å²) in [5.74, 6) is -0.383. The third kappa shape index (κ3) is 2.12. The van der Waals surface area contributed by atoms with E-state index in [4.69, 9.17) is 0 Å². The highest BCUT2D eigenvalue weighted by atomic mass is 16.1. The highest BCUT2D eigenvalue weighted by Crippen LogP contribution is 2.23. The van der Waals surface area contributed by atoms with Crippen LogP contribution in [0.15, 0.2) is 24.5 Å². The zero-order valence-corrected chi connectivity index (χ0v) is 8.48. The second-order valence-electron chi connectivity index (χ2n) is 3.87. The van der Waals surface area contributed by atoms with Gasteiger partial charge in [-0.3, -0.25) is 14.6 Å². The maximum Gasteiger partial charge on any atom is 0.174 e. The first kappa shape index (κ1) is 10.0. The standard InChI is InChI=1S/C12H13NO2/c14-11-6-2-1-5-10(11)12(15)9-4-3-7-13-8-9/h3-4,7-8,10H,1-2,5-6H2. The van der Waals surface area contributed by atoms with E-state index in [1.165, 1.54) is 6.20 Å². The minimum Gasteiger partial charge on any atom is -0.299 e. The molecular formula is C12H13NO2. The van der Waals surface area contributed by atoms with Gasteiger partial charge in [-0.2, -0.15) is 0 Å². The molecule has 15 heavy (non-hydrogen) atoms. The zero-order chi connectivity index (χ0) is 10.7. The average molecular weight is 203 g/mol. The Kier molecular flexibility index (Phi) is 2.90. The maximum atomic E-state index is 11.9. The fourth-order valence-corrected chi connectivity index (χ4v) is 1.97. The molecule has 0 radical (unpaired) electrons. The molecule has 78 valence electrons. The second-order valence-corrected chi connectivity index (χ2v) is 3.87. The Hall–Kier alpha value is -1.51. The normalized spacial score (nSPS) is 21.3. The Labute approximate surface area is 88.5 Å². The van der Waals surface area contributed by atoms with Crippen molar-refractivity contribution in [3.8, 4) is 0 Å². The molecule has 1 aromatic heterocycles. The van der Waals surface area contributed by atoms with Gasteiger partial charge in [-0.25, -0.2) is 0 Å². The van der Waals surface area contributed by atoms with Crippen LogP contribution in [0.3, 0.4) is 0 Å². The fraction of sp³-hybridized carbons (Fsp3) is 0.417. The minimum absolute atomic E-state index is 0.0622. The zero-order valence-electron chi connectivity index (χ0n) is 8.48. The van der Waals surface area contributed by atoms with Gasteiger partial charge < -0.3 is 0 Å². The maximum absolute atomic E-state index is 11.9. The molecule has 1 heterocycles. The molecule has 0 N–H and O–H groups in total. The van der Waals surface area contributed by atoms with Gasteiger partial charge in [0.2, 0.25) is 0 Å². The summed E-state index contributed by atoms with van der Waals surface area (Å²) < 4.78 is 0. The van der Waals surface area contributed by atoms with Gasteiger partial charge in [0.05, 0.1) is 5.92 Å². The molecule has 1 aliphatic carbocycles. The van der Waals surface area contributed by atoms with Crippen LogP contribution in [0, 0.1) is 5.92 Å². The van der Waals surface area contributed by atoms with Crippen LogP contribution in [0.25, 0.3) is 0 Å². The summed E-state index contributed by atoms with van der Waals surface area (Å²) in [5.41, 5.74) is 0.553.